The first-order valence-electron chi connectivity index (χ1n) is 7.34. The summed E-state index contributed by atoms with van der Waals surface area (Å²) in [4.78, 5) is 14.4. The fraction of sp³-hybridized carbons (Fsp3) is 0.562. The smallest absolute Gasteiger partial charge is 0.241 e. The topological polar surface area (TPSA) is 32.3 Å². The number of carbonyl (C=O) groups excluding carboxylic acids is 1. The summed E-state index contributed by atoms with van der Waals surface area (Å²) >= 11 is 0. The summed E-state index contributed by atoms with van der Waals surface area (Å²) < 4.78 is 0. The molecule has 0 radical (unpaired) electrons. The molecule has 0 spiro atoms. The summed E-state index contributed by atoms with van der Waals surface area (Å²) in [5.41, 5.74) is 1.31. The van der Waals surface area contributed by atoms with Gasteiger partial charge in [-0.1, -0.05) is 30.3 Å². The average Bonchev–Trinajstić information content (AvgIpc) is 3.20. The van der Waals surface area contributed by atoms with Crippen molar-refractivity contribution < 1.29 is 4.79 Å². The van der Waals surface area contributed by atoms with Crippen molar-refractivity contribution in [2.24, 2.45) is 5.92 Å². The Morgan fingerprint density at radius 1 is 1.26 bits per heavy atom. The monoisotopic (exact) mass is 258 g/mol. The van der Waals surface area contributed by atoms with Crippen LogP contribution in [0, 0.1) is 5.92 Å². The number of carbonyl (C=O) groups is 1. The van der Waals surface area contributed by atoms with Gasteiger partial charge in [0.1, 0.15) is 0 Å². The Morgan fingerprint density at radius 3 is 2.68 bits per heavy atom. The maximum absolute atomic E-state index is 12.4. The third kappa shape index (κ3) is 2.98. The molecule has 3 nitrogen and oxygen atoms in total. The number of nitrogens with one attached hydrogen (secondary N) is 1. The van der Waals surface area contributed by atoms with E-state index in [2.05, 4.69) is 36.5 Å². The van der Waals surface area contributed by atoms with Gasteiger partial charge >= 0.3 is 0 Å². The van der Waals surface area contributed by atoms with E-state index in [4.69, 9.17) is 0 Å². The number of hydrogen-bond acceptors (Lipinski definition) is 2. The molecule has 1 aromatic rings. The Balaban J connectivity index is 1.55. The fourth-order valence-electron chi connectivity index (χ4n) is 2.83. The van der Waals surface area contributed by atoms with Crippen molar-refractivity contribution in [3.05, 3.63) is 35.9 Å². The van der Waals surface area contributed by atoms with Gasteiger partial charge in [-0.3, -0.25) is 10.1 Å². The van der Waals surface area contributed by atoms with Crippen molar-refractivity contribution in [3.63, 3.8) is 0 Å². The van der Waals surface area contributed by atoms with Crippen molar-refractivity contribution >= 4 is 5.91 Å². The van der Waals surface area contributed by atoms with Crippen LogP contribution in [0.3, 0.4) is 0 Å². The van der Waals surface area contributed by atoms with Crippen LogP contribution in [-0.2, 0) is 11.2 Å². The number of nitrogens with zero attached hydrogens (tertiary/aromatic N) is 1. The largest absolute Gasteiger partial charge is 0.326 e. The third-order valence-electron chi connectivity index (χ3n) is 4.21. The predicted octanol–water partition coefficient (Wildman–Crippen LogP) is 2.18. The van der Waals surface area contributed by atoms with Crippen LogP contribution < -0.4 is 5.32 Å². The van der Waals surface area contributed by atoms with Crippen LogP contribution >= 0.6 is 0 Å². The number of hydrogen-bond donors (Lipinski definition) is 1. The lowest BCUT2D eigenvalue weighted by Gasteiger charge is -2.20. The van der Waals surface area contributed by atoms with E-state index in [1.54, 1.807) is 0 Å². The Bertz CT molecular complexity index is 441. The van der Waals surface area contributed by atoms with Crippen molar-refractivity contribution in [2.75, 3.05) is 6.54 Å². The first kappa shape index (κ1) is 12.7. The predicted molar refractivity (Wildman–Crippen MR) is 75.6 cm³/mol. The maximum Gasteiger partial charge on any atom is 0.241 e. The molecule has 0 aromatic heterocycles. The second kappa shape index (κ2) is 5.33. The van der Waals surface area contributed by atoms with Gasteiger partial charge in [0.05, 0.1) is 12.2 Å². The number of benzene rings is 1. The summed E-state index contributed by atoms with van der Waals surface area (Å²) in [6.45, 7) is 3.05. The molecule has 0 bridgehead atoms. The molecular weight excluding hydrogens is 236 g/mol. The van der Waals surface area contributed by atoms with Crippen molar-refractivity contribution in [1.29, 1.82) is 0 Å². The molecule has 1 aliphatic heterocycles. The van der Waals surface area contributed by atoms with Gasteiger partial charge in [-0.2, -0.15) is 0 Å². The van der Waals surface area contributed by atoms with Crippen molar-refractivity contribution in [1.82, 2.24) is 10.2 Å². The lowest BCUT2D eigenvalue weighted by Crippen LogP contribution is -2.36. The summed E-state index contributed by atoms with van der Waals surface area (Å²) in [5.74, 6) is 1.07. The van der Waals surface area contributed by atoms with E-state index in [-0.39, 0.29) is 12.2 Å². The van der Waals surface area contributed by atoms with Gasteiger partial charge < -0.3 is 4.90 Å². The zero-order valence-electron chi connectivity index (χ0n) is 11.5. The molecule has 1 N–H and O–H groups in total. The highest BCUT2D eigenvalue weighted by Crippen LogP contribution is 2.31. The molecule has 1 saturated heterocycles. The SMILES string of the molecule is CC1NC(CCc2ccccc2)C(=O)N1CC1CC1. The van der Waals surface area contributed by atoms with Gasteiger partial charge in [0.2, 0.25) is 5.91 Å². The Labute approximate surface area is 115 Å². The molecule has 1 saturated carbocycles. The van der Waals surface area contributed by atoms with Crippen LogP contribution in [0.5, 0.6) is 0 Å². The van der Waals surface area contributed by atoms with E-state index in [1.807, 2.05) is 11.0 Å². The average molecular weight is 258 g/mol. The number of amides is 1. The number of aryl methyl sites for hydroxylation is 1. The fourth-order valence-corrected chi connectivity index (χ4v) is 2.83. The molecule has 1 aliphatic carbocycles. The van der Waals surface area contributed by atoms with E-state index in [0.29, 0.717) is 5.91 Å². The van der Waals surface area contributed by atoms with Crippen LogP contribution in [0.4, 0.5) is 0 Å². The molecular formula is C16H22N2O. The Hall–Kier alpha value is -1.35. The minimum absolute atomic E-state index is 0.00829. The van der Waals surface area contributed by atoms with Crippen LogP contribution in [0.1, 0.15) is 31.7 Å². The molecule has 1 aromatic carbocycles. The van der Waals surface area contributed by atoms with E-state index in [0.717, 1.165) is 25.3 Å². The van der Waals surface area contributed by atoms with Crippen molar-refractivity contribution in [2.45, 2.75) is 44.8 Å². The van der Waals surface area contributed by atoms with Gasteiger partial charge in [0.25, 0.3) is 0 Å². The standard InChI is InChI=1S/C16H22N2O/c1-12-17-15(10-9-13-5-3-2-4-6-13)16(19)18(12)11-14-7-8-14/h2-6,12,14-15,17H,7-11H2,1H3. The van der Waals surface area contributed by atoms with Crippen LogP contribution in [-0.4, -0.2) is 29.6 Å². The van der Waals surface area contributed by atoms with Gasteiger partial charge in [-0.05, 0) is 44.1 Å². The lowest BCUT2D eigenvalue weighted by molar-refractivity contribution is -0.130. The molecule has 1 heterocycles. The van der Waals surface area contributed by atoms with Crippen molar-refractivity contribution in [3.8, 4) is 0 Å². The van der Waals surface area contributed by atoms with E-state index in [9.17, 15) is 4.79 Å². The zero-order valence-corrected chi connectivity index (χ0v) is 11.5. The first-order valence-corrected chi connectivity index (χ1v) is 7.34. The summed E-state index contributed by atoms with van der Waals surface area (Å²) in [6, 6.07) is 10.4. The maximum atomic E-state index is 12.4. The van der Waals surface area contributed by atoms with E-state index in [1.165, 1.54) is 18.4 Å². The number of rotatable bonds is 5. The minimum atomic E-state index is 0.00829. The normalized spacial score (nSPS) is 27.0. The van der Waals surface area contributed by atoms with Gasteiger partial charge in [0.15, 0.2) is 0 Å². The lowest BCUT2D eigenvalue weighted by atomic mass is 10.1. The molecule has 2 aliphatic rings. The summed E-state index contributed by atoms with van der Waals surface area (Å²) in [7, 11) is 0. The highest BCUT2D eigenvalue weighted by atomic mass is 16.2. The molecule has 3 heteroatoms. The van der Waals surface area contributed by atoms with Gasteiger partial charge in [-0.25, -0.2) is 0 Å². The molecule has 2 unspecified atom stereocenters. The van der Waals surface area contributed by atoms with Crippen LogP contribution in [0.15, 0.2) is 30.3 Å². The summed E-state index contributed by atoms with van der Waals surface area (Å²) in [5, 5.41) is 3.43. The van der Waals surface area contributed by atoms with Gasteiger partial charge in [0, 0.05) is 6.54 Å². The van der Waals surface area contributed by atoms with Crippen LogP contribution in [0.25, 0.3) is 0 Å². The second-order valence-corrected chi connectivity index (χ2v) is 5.85. The summed E-state index contributed by atoms with van der Waals surface area (Å²) in [6.07, 6.45) is 4.66. The van der Waals surface area contributed by atoms with Gasteiger partial charge in [-0.15, -0.1) is 0 Å². The van der Waals surface area contributed by atoms with E-state index >= 15 is 0 Å². The molecule has 2 atom stereocenters. The molecule has 2 fully saturated rings. The second-order valence-electron chi connectivity index (χ2n) is 5.85. The first-order chi connectivity index (χ1) is 9.24. The quantitative estimate of drug-likeness (QED) is 0.878. The molecule has 19 heavy (non-hydrogen) atoms. The zero-order chi connectivity index (χ0) is 13.2. The molecule has 3 rings (SSSR count). The highest BCUT2D eigenvalue weighted by Gasteiger charge is 2.38. The molecule has 1 amide bonds. The minimum Gasteiger partial charge on any atom is -0.326 e. The van der Waals surface area contributed by atoms with Crippen LogP contribution in [0.2, 0.25) is 0 Å². The van der Waals surface area contributed by atoms with E-state index < -0.39 is 0 Å². The Morgan fingerprint density at radius 2 is 2.00 bits per heavy atom. The highest BCUT2D eigenvalue weighted by molar-refractivity contribution is 5.84. The molecule has 102 valence electrons. The third-order valence-corrected chi connectivity index (χ3v) is 4.21. The Kier molecular flexibility index (Phi) is 3.56.